The molecular weight excluding hydrogens is 198 g/mol. The van der Waals surface area contributed by atoms with Gasteiger partial charge in [0, 0.05) is 25.7 Å². The molecule has 3 nitrogen and oxygen atoms in total. The smallest absolute Gasteiger partial charge is 0.0215 e. The van der Waals surface area contributed by atoms with E-state index in [-0.39, 0.29) is 0 Å². The van der Waals surface area contributed by atoms with Crippen LogP contribution < -0.4 is 5.73 Å². The highest BCUT2D eigenvalue weighted by Crippen LogP contribution is 2.09. The average molecular weight is 227 g/mol. The van der Waals surface area contributed by atoms with E-state index in [9.17, 15) is 0 Å². The highest BCUT2D eigenvalue weighted by atomic mass is 15.2. The molecule has 96 valence electrons. The highest BCUT2D eigenvalue weighted by molar-refractivity contribution is 4.73. The van der Waals surface area contributed by atoms with Crippen molar-refractivity contribution in [2.45, 2.75) is 45.1 Å². The van der Waals surface area contributed by atoms with Crippen LogP contribution in [0.4, 0.5) is 0 Å². The Morgan fingerprint density at radius 2 is 2.00 bits per heavy atom. The van der Waals surface area contributed by atoms with E-state index >= 15 is 0 Å². The minimum Gasteiger partial charge on any atom is -0.329 e. The van der Waals surface area contributed by atoms with Crippen LogP contribution in [0.2, 0.25) is 0 Å². The molecule has 1 aliphatic heterocycles. The van der Waals surface area contributed by atoms with Crippen molar-refractivity contribution in [3.05, 3.63) is 0 Å². The van der Waals surface area contributed by atoms with Crippen LogP contribution in [0.15, 0.2) is 0 Å². The highest BCUT2D eigenvalue weighted by Gasteiger charge is 2.15. The Morgan fingerprint density at radius 1 is 1.31 bits per heavy atom. The largest absolute Gasteiger partial charge is 0.329 e. The summed E-state index contributed by atoms with van der Waals surface area (Å²) in [6.07, 6.45) is 6.61. The fourth-order valence-electron chi connectivity index (χ4n) is 2.45. The Hall–Kier alpha value is -0.120. The molecule has 0 spiro atoms. The van der Waals surface area contributed by atoms with E-state index in [1.165, 1.54) is 58.3 Å². The molecule has 0 radical (unpaired) electrons. The van der Waals surface area contributed by atoms with Crippen LogP contribution in [0.3, 0.4) is 0 Å². The molecule has 1 aliphatic rings. The topological polar surface area (TPSA) is 32.5 Å². The first-order valence-electron chi connectivity index (χ1n) is 6.90. The minimum atomic E-state index is 0.586. The molecule has 2 N–H and O–H groups in total. The second-order valence-corrected chi connectivity index (χ2v) is 5.06. The van der Waals surface area contributed by atoms with Gasteiger partial charge >= 0.3 is 0 Å². The van der Waals surface area contributed by atoms with E-state index in [0.29, 0.717) is 6.04 Å². The number of likely N-dealkylation sites (N-methyl/N-ethyl adjacent to an activating group) is 1. The second-order valence-electron chi connectivity index (χ2n) is 5.06. The summed E-state index contributed by atoms with van der Waals surface area (Å²) in [6, 6.07) is 0.586. The first kappa shape index (κ1) is 13.9. The van der Waals surface area contributed by atoms with Crippen LogP contribution in [0, 0.1) is 0 Å². The maximum absolute atomic E-state index is 5.84. The lowest BCUT2D eigenvalue weighted by atomic mass is 10.1. The molecule has 1 heterocycles. The van der Waals surface area contributed by atoms with Gasteiger partial charge in [-0.2, -0.15) is 0 Å². The van der Waals surface area contributed by atoms with E-state index in [1.807, 2.05) is 0 Å². The summed E-state index contributed by atoms with van der Waals surface area (Å²) in [4.78, 5) is 5.03. The molecule has 16 heavy (non-hydrogen) atoms. The predicted octanol–water partition coefficient (Wildman–Crippen LogP) is 1.53. The third-order valence-corrected chi connectivity index (χ3v) is 3.75. The van der Waals surface area contributed by atoms with Crippen molar-refractivity contribution in [3.8, 4) is 0 Å². The van der Waals surface area contributed by atoms with Crippen molar-refractivity contribution in [2.24, 2.45) is 5.73 Å². The van der Waals surface area contributed by atoms with Gasteiger partial charge in [0.1, 0.15) is 0 Å². The molecule has 0 amide bonds. The second kappa shape index (κ2) is 8.04. The Labute approximate surface area is 101 Å². The number of unbranched alkanes of at least 4 members (excludes halogenated alkanes) is 1. The molecular formula is C13H29N3. The molecule has 1 saturated heterocycles. The summed E-state index contributed by atoms with van der Waals surface area (Å²) in [7, 11) is 2.23. The van der Waals surface area contributed by atoms with Gasteiger partial charge in [0.15, 0.2) is 0 Å². The third kappa shape index (κ3) is 4.81. The normalized spacial score (nSPS) is 19.5. The summed E-state index contributed by atoms with van der Waals surface area (Å²) in [6.45, 7) is 8.05. The van der Waals surface area contributed by atoms with Crippen LogP contribution in [0.5, 0.6) is 0 Å². The number of hydrogen-bond donors (Lipinski definition) is 1. The molecule has 1 atom stereocenters. The molecule has 0 saturated carbocycles. The zero-order chi connectivity index (χ0) is 11.8. The quantitative estimate of drug-likeness (QED) is 0.682. The Kier molecular flexibility index (Phi) is 7.01. The van der Waals surface area contributed by atoms with Crippen molar-refractivity contribution < 1.29 is 0 Å². The molecule has 0 bridgehead atoms. The first-order chi connectivity index (χ1) is 7.77. The number of likely N-dealkylation sites (tertiary alicyclic amines) is 1. The summed E-state index contributed by atoms with van der Waals surface area (Å²) in [5, 5.41) is 0. The average Bonchev–Trinajstić information content (AvgIpc) is 2.80. The van der Waals surface area contributed by atoms with Gasteiger partial charge in [-0.3, -0.25) is 0 Å². The standard InChI is InChI=1S/C13H29N3/c1-3-4-7-13(12-14)15(2)10-11-16-8-5-6-9-16/h13H,3-12,14H2,1-2H3. The van der Waals surface area contributed by atoms with Crippen LogP contribution in [0.1, 0.15) is 39.0 Å². The van der Waals surface area contributed by atoms with Gasteiger partial charge in [-0.15, -0.1) is 0 Å². The SMILES string of the molecule is CCCCC(CN)N(C)CCN1CCCC1. The van der Waals surface area contributed by atoms with Gasteiger partial charge in [0.25, 0.3) is 0 Å². The Balaban J connectivity index is 2.17. The van der Waals surface area contributed by atoms with E-state index < -0.39 is 0 Å². The van der Waals surface area contributed by atoms with Gasteiger partial charge in [-0.25, -0.2) is 0 Å². The van der Waals surface area contributed by atoms with Crippen LogP contribution in [-0.2, 0) is 0 Å². The number of rotatable bonds is 8. The molecule has 3 heteroatoms. The van der Waals surface area contributed by atoms with Crippen LogP contribution in [0.25, 0.3) is 0 Å². The lowest BCUT2D eigenvalue weighted by Gasteiger charge is -2.28. The van der Waals surface area contributed by atoms with Crippen LogP contribution in [-0.4, -0.2) is 55.6 Å². The van der Waals surface area contributed by atoms with E-state index in [4.69, 9.17) is 5.73 Å². The van der Waals surface area contributed by atoms with Gasteiger partial charge in [0.05, 0.1) is 0 Å². The summed E-state index contributed by atoms with van der Waals surface area (Å²) >= 11 is 0. The maximum atomic E-state index is 5.84. The zero-order valence-electron chi connectivity index (χ0n) is 11.1. The predicted molar refractivity (Wildman–Crippen MR) is 70.7 cm³/mol. The monoisotopic (exact) mass is 227 g/mol. The molecule has 1 unspecified atom stereocenters. The molecule has 1 fully saturated rings. The maximum Gasteiger partial charge on any atom is 0.0215 e. The number of nitrogens with zero attached hydrogens (tertiary/aromatic N) is 2. The van der Waals surface area contributed by atoms with Crippen molar-refractivity contribution >= 4 is 0 Å². The van der Waals surface area contributed by atoms with Crippen molar-refractivity contribution in [2.75, 3.05) is 39.8 Å². The van der Waals surface area contributed by atoms with E-state index in [0.717, 1.165) is 6.54 Å². The number of hydrogen-bond acceptors (Lipinski definition) is 3. The first-order valence-corrected chi connectivity index (χ1v) is 6.90. The van der Waals surface area contributed by atoms with Crippen molar-refractivity contribution in [3.63, 3.8) is 0 Å². The number of nitrogens with two attached hydrogens (primary N) is 1. The van der Waals surface area contributed by atoms with E-state index in [1.54, 1.807) is 0 Å². The fourth-order valence-corrected chi connectivity index (χ4v) is 2.45. The summed E-state index contributed by atoms with van der Waals surface area (Å²) in [5.41, 5.74) is 5.84. The molecule has 0 aromatic carbocycles. The Morgan fingerprint density at radius 3 is 2.56 bits per heavy atom. The molecule has 1 rings (SSSR count). The zero-order valence-corrected chi connectivity index (χ0v) is 11.1. The fraction of sp³-hybridized carbons (Fsp3) is 1.00. The van der Waals surface area contributed by atoms with Crippen molar-refractivity contribution in [1.82, 2.24) is 9.80 Å². The summed E-state index contributed by atoms with van der Waals surface area (Å²) < 4.78 is 0. The minimum absolute atomic E-state index is 0.586. The third-order valence-electron chi connectivity index (χ3n) is 3.75. The van der Waals surface area contributed by atoms with Gasteiger partial charge < -0.3 is 15.5 Å². The van der Waals surface area contributed by atoms with Gasteiger partial charge in [-0.05, 0) is 39.4 Å². The van der Waals surface area contributed by atoms with Crippen molar-refractivity contribution in [1.29, 1.82) is 0 Å². The lowest BCUT2D eigenvalue weighted by molar-refractivity contribution is 0.198. The van der Waals surface area contributed by atoms with E-state index in [2.05, 4.69) is 23.8 Å². The van der Waals surface area contributed by atoms with Crippen LogP contribution >= 0.6 is 0 Å². The Bertz CT molecular complexity index is 167. The van der Waals surface area contributed by atoms with Gasteiger partial charge in [-0.1, -0.05) is 19.8 Å². The lowest BCUT2D eigenvalue weighted by Crippen LogP contribution is -2.41. The molecule has 0 aliphatic carbocycles. The molecule has 0 aromatic rings. The molecule has 0 aromatic heterocycles. The summed E-state index contributed by atoms with van der Waals surface area (Å²) in [5.74, 6) is 0. The van der Waals surface area contributed by atoms with Gasteiger partial charge in [0.2, 0.25) is 0 Å².